The van der Waals surface area contributed by atoms with Crippen LogP contribution in [0.5, 0.6) is 0 Å². The lowest BCUT2D eigenvalue weighted by Gasteiger charge is -2.23. The van der Waals surface area contributed by atoms with Gasteiger partial charge in [0.15, 0.2) is 0 Å². The first-order valence-electron chi connectivity index (χ1n) is 31.1. The lowest BCUT2D eigenvalue weighted by Crippen LogP contribution is -2.49. The number of carbonyl (C=O) groups is 1. The first-order chi connectivity index (χ1) is 33.6. The highest BCUT2D eigenvalue weighted by Crippen LogP contribution is 2.18. The summed E-state index contributed by atoms with van der Waals surface area (Å²) in [5, 5.41) is 33.6. The minimum Gasteiger partial charge on any atom is -0.394 e. The second-order valence-electron chi connectivity index (χ2n) is 21.6. The van der Waals surface area contributed by atoms with Crippen LogP contribution in [0.1, 0.15) is 348 Å². The lowest BCUT2D eigenvalue weighted by molar-refractivity contribution is -0.131. The Morgan fingerprint density at radius 2 is 0.603 bits per heavy atom. The zero-order valence-electron chi connectivity index (χ0n) is 46.3. The summed E-state index contributed by atoms with van der Waals surface area (Å²) in [6.45, 7) is 4.27. The summed E-state index contributed by atoms with van der Waals surface area (Å²) >= 11 is 0. The number of hydrogen-bond acceptors (Lipinski definition) is 4. The van der Waals surface area contributed by atoms with E-state index in [-0.39, 0.29) is 6.61 Å². The number of unbranched alkanes of at least 4 members (excludes halogenated alkanes) is 46. The second kappa shape index (κ2) is 58.4. The van der Waals surface area contributed by atoms with Gasteiger partial charge in [-0.05, 0) is 44.9 Å². The van der Waals surface area contributed by atoms with E-state index in [2.05, 4.69) is 43.5 Å². The molecule has 404 valence electrons. The maximum Gasteiger partial charge on any atom is 0.249 e. The maximum absolute atomic E-state index is 12.6. The van der Waals surface area contributed by atoms with Crippen LogP contribution in [0.15, 0.2) is 24.3 Å². The van der Waals surface area contributed by atoms with E-state index in [0.29, 0.717) is 12.8 Å². The van der Waals surface area contributed by atoms with Gasteiger partial charge in [-0.15, -0.1) is 0 Å². The summed E-state index contributed by atoms with van der Waals surface area (Å²) in [4.78, 5) is 12.6. The van der Waals surface area contributed by atoms with Gasteiger partial charge in [-0.3, -0.25) is 4.79 Å². The van der Waals surface area contributed by atoms with Gasteiger partial charge in [0.05, 0.1) is 18.8 Å². The molecule has 4 N–H and O–H groups in total. The van der Waals surface area contributed by atoms with Crippen LogP contribution in [0, 0.1) is 0 Å². The molecule has 0 radical (unpaired) electrons. The highest BCUT2D eigenvalue weighted by molar-refractivity contribution is 5.80. The van der Waals surface area contributed by atoms with Crippen LogP contribution in [0.4, 0.5) is 0 Å². The molecule has 1 amide bonds. The summed E-state index contributed by atoms with van der Waals surface area (Å²) in [6.07, 6.45) is 75.4. The SMILES string of the molecule is CCCCCCCCCCCCC/C=C\C/C=C\CCCCCCCCCCCCCCCCCCC(O)C(=O)NC(CO)C(O)CCCCCCCCCCCCCCCCCCCCCC. The molecular formula is C63H123NO4. The van der Waals surface area contributed by atoms with E-state index in [4.69, 9.17) is 0 Å². The Morgan fingerprint density at radius 1 is 0.353 bits per heavy atom. The van der Waals surface area contributed by atoms with E-state index >= 15 is 0 Å². The van der Waals surface area contributed by atoms with Crippen LogP contribution < -0.4 is 5.32 Å². The van der Waals surface area contributed by atoms with E-state index in [1.807, 2.05) is 0 Å². The van der Waals surface area contributed by atoms with Gasteiger partial charge in [-0.2, -0.15) is 0 Å². The molecular weight excluding hydrogens is 835 g/mol. The third-order valence-corrected chi connectivity index (χ3v) is 14.8. The fourth-order valence-corrected chi connectivity index (χ4v) is 9.99. The Hall–Kier alpha value is -1.17. The largest absolute Gasteiger partial charge is 0.394 e. The highest BCUT2D eigenvalue weighted by atomic mass is 16.3. The number of aliphatic hydroxyl groups is 3. The minimum absolute atomic E-state index is 0.310. The number of hydrogen-bond donors (Lipinski definition) is 4. The van der Waals surface area contributed by atoms with Gasteiger partial charge in [0.2, 0.25) is 5.91 Å². The van der Waals surface area contributed by atoms with Crippen molar-refractivity contribution in [2.24, 2.45) is 0 Å². The third kappa shape index (κ3) is 52.6. The van der Waals surface area contributed by atoms with Crippen LogP contribution in [-0.4, -0.2) is 46.1 Å². The predicted octanol–water partition coefficient (Wildman–Crippen LogP) is 19.6. The number of allylic oxidation sites excluding steroid dienone is 4. The Balaban J connectivity index is 3.48. The maximum atomic E-state index is 12.6. The van der Waals surface area contributed by atoms with Gasteiger partial charge < -0.3 is 20.6 Å². The summed E-state index contributed by atoms with van der Waals surface area (Å²) in [5.74, 6) is -0.464. The highest BCUT2D eigenvalue weighted by Gasteiger charge is 2.23. The predicted molar refractivity (Wildman–Crippen MR) is 301 cm³/mol. The Kier molecular flexibility index (Phi) is 57.4. The van der Waals surface area contributed by atoms with Gasteiger partial charge >= 0.3 is 0 Å². The molecule has 5 nitrogen and oxygen atoms in total. The summed E-state index contributed by atoms with van der Waals surface area (Å²) in [7, 11) is 0. The zero-order chi connectivity index (χ0) is 49.3. The Labute approximate surface area is 426 Å². The van der Waals surface area contributed by atoms with Crippen molar-refractivity contribution < 1.29 is 20.1 Å². The molecule has 0 aliphatic carbocycles. The summed E-state index contributed by atoms with van der Waals surface area (Å²) < 4.78 is 0. The smallest absolute Gasteiger partial charge is 0.249 e. The minimum atomic E-state index is -1.07. The standard InChI is InChI=1S/C63H123NO4/c1-3-5-7-9-11-13-15-17-19-21-23-25-26-27-28-29-30-31-32-33-34-35-36-37-38-40-42-44-46-48-50-52-54-56-58-62(67)63(68)64-60(59-65)61(66)57-55-53-51-49-47-45-43-41-39-24-22-20-18-16-14-12-10-8-6-4-2/h26-27,29-30,60-62,65-67H,3-25,28,31-59H2,1-2H3,(H,64,68)/b27-26-,30-29-. The van der Waals surface area contributed by atoms with E-state index in [1.165, 1.54) is 283 Å². The molecule has 0 saturated carbocycles. The molecule has 3 unspecified atom stereocenters. The van der Waals surface area contributed by atoms with Crippen LogP contribution in [-0.2, 0) is 4.79 Å². The van der Waals surface area contributed by atoms with E-state index in [0.717, 1.165) is 38.5 Å². The monoisotopic (exact) mass is 958 g/mol. The molecule has 68 heavy (non-hydrogen) atoms. The van der Waals surface area contributed by atoms with Gasteiger partial charge in [0.1, 0.15) is 6.10 Å². The van der Waals surface area contributed by atoms with Crippen molar-refractivity contribution in [1.82, 2.24) is 5.32 Å². The number of aliphatic hydroxyl groups excluding tert-OH is 3. The van der Waals surface area contributed by atoms with Crippen LogP contribution in [0.25, 0.3) is 0 Å². The number of carbonyl (C=O) groups excluding carboxylic acids is 1. The van der Waals surface area contributed by atoms with Crippen molar-refractivity contribution in [3.8, 4) is 0 Å². The molecule has 0 rings (SSSR count). The molecule has 0 aliphatic rings. The molecule has 0 aromatic heterocycles. The first-order valence-corrected chi connectivity index (χ1v) is 31.1. The molecule has 0 aliphatic heterocycles. The van der Waals surface area contributed by atoms with Crippen LogP contribution >= 0.6 is 0 Å². The quantitative estimate of drug-likeness (QED) is 0.0361. The van der Waals surface area contributed by atoms with Crippen molar-refractivity contribution in [3.63, 3.8) is 0 Å². The molecule has 3 atom stereocenters. The van der Waals surface area contributed by atoms with Gasteiger partial charge in [-0.25, -0.2) is 0 Å². The van der Waals surface area contributed by atoms with Crippen LogP contribution in [0.2, 0.25) is 0 Å². The summed E-state index contributed by atoms with van der Waals surface area (Å²) in [5.41, 5.74) is 0. The molecule has 0 bridgehead atoms. The third-order valence-electron chi connectivity index (χ3n) is 14.8. The van der Waals surface area contributed by atoms with Crippen molar-refractivity contribution >= 4 is 5.91 Å². The molecule has 0 fully saturated rings. The topological polar surface area (TPSA) is 89.8 Å². The zero-order valence-corrected chi connectivity index (χ0v) is 46.3. The van der Waals surface area contributed by atoms with Crippen molar-refractivity contribution in [2.45, 2.75) is 366 Å². The van der Waals surface area contributed by atoms with Gasteiger partial charge in [-0.1, -0.05) is 327 Å². The Bertz CT molecular complexity index is 1010. The van der Waals surface area contributed by atoms with Gasteiger partial charge in [0, 0.05) is 0 Å². The molecule has 0 aromatic carbocycles. The van der Waals surface area contributed by atoms with Crippen molar-refractivity contribution in [1.29, 1.82) is 0 Å². The van der Waals surface area contributed by atoms with E-state index < -0.39 is 24.2 Å². The molecule has 0 aromatic rings. The first kappa shape index (κ1) is 66.8. The molecule has 0 heterocycles. The van der Waals surface area contributed by atoms with Crippen molar-refractivity contribution in [3.05, 3.63) is 24.3 Å². The lowest BCUT2D eigenvalue weighted by atomic mass is 10.0. The number of rotatable bonds is 58. The van der Waals surface area contributed by atoms with Crippen molar-refractivity contribution in [2.75, 3.05) is 6.61 Å². The average molecular weight is 959 g/mol. The summed E-state index contributed by atoms with van der Waals surface area (Å²) in [6, 6.07) is -0.711. The molecule has 0 saturated heterocycles. The fourth-order valence-electron chi connectivity index (χ4n) is 9.99. The number of amides is 1. The normalized spacial score (nSPS) is 13.3. The average Bonchev–Trinajstić information content (AvgIpc) is 3.34. The van der Waals surface area contributed by atoms with Crippen LogP contribution in [0.3, 0.4) is 0 Å². The fraction of sp³-hybridized carbons (Fsp3) is 0.921. The van der Waals surface area contributed by atoms with Gasteiger partial charge in [0.25, 0.3) is 0 Å². The second-order valence-corrected chi connectivity index (χ2v) is 21.6. The molecule has 0 spiro atoms. The molecule has 5 heteroatoms. The Morgan fingerprint density at radius 3 is 0.882 bits per heavy atom. The van der Waals surface area contributed by atoms with E-state index in [9.17, 15) is 20.1 Å². The van der Waals surface area contributed by atoms with E-state index in [1.54, 1.807) is 0 Å². The number of nitrogens with one attached hydrogen (secondary N) is 1.